The summed E-state index contributed by atoms with van der Waals surface area (Å²) in [5.74, 6) is -0.356. The molecule has 5 nitrogen and oxygen atoms in total. The highest BCUT2D eigenvalue weighted by Crippen LogP contribution is 2.13. The normalized spacial score (nSPS) is 20.1. The van der Waals surface area contributed by atoms with E-state index in [1.807, 2.05) is 29.2 Å². The van der Waals surface area contributed by atoms with Crippen LogP contribution in [0.4, 0.5) is 0 Å². The van der Waals surface area contributed by atoms with Crippen molar-refractivity contribution in [2.24, 2.45) is 11.5 Å². The van der Waals surface area contributed by atoms with E-state index in [9.17, 15) is 4.79 Å². The number of amides is 1. The summed E-state index contributed by atoms with van der Waals surface area (Å²) in [6.07, 6.45) is 0. The molecular weight excluding hydrogens is 262 g/mol. The van der Waals surface area contributed by atoms with Gasteiger partial charge in [-0.1, -0.05) is 30.4 Å². The molecule has 2 rings (SSSR count). The molecular formula is C13H17N3O2S. The van der Waals surface area contributed by atoms with Crippen molar-refractivity contribution < 1.29 is 9.53 Å². The van der Waals surface area contributed by atoms with Gasteiger partial charge in [0, 0.05) is 18.7 Å². The molecule has 1 aliphatic rings. The van der Waals surface area contributed by atoms with Crippen molar-refractivity contribution in [2.45, 2.75) is 12.6 Å². The maximum atomic E-state index is 11.4. The smallest absolute Gasteiger partial charge is 0.237 e. The van der Waals surface area contributed by atoms with Crippen molar-refractivity contribution in [3.05, 3.63) is 35.4 Å². The zero-order chi connectivity index (χ0) is 13.8. The lowest BCUT2D eigenvalue weighted by Crippen LogP contribution is -2.51. The average molecular weight is 279 g/mol. The Balaban J connectivity index is 2.12. The SMILES string of the molecule is NC(=O)C1COCCN1Cc1cccc(C(N)=S)c1. The predicted octanol–water partition coefficient (Wildman–Crippen LogP) is 0.00690. The van der Waals surface area contributed by atoms with Crippen molar-refractivity contribution in [1.29, 1.82) is 0 Å². The Morgan fingerprint density at radius 3 is 2.95 bits per heavy atom. The first-order valence-electron chi connectivity index (χ1n) is 6.08. The predicted molar refractivity (Wildman–Crippen MR) is 76.5 cm³/mol. The summed E-state index contributed by atoms with van der Waals surface area (Å²) in [5, 5.41) is 0. The van der Waals surface area contributed by atoms with E-state index >= 15 is 0 Å². The minimum atomic E-state index is -0.373. The van der Waals surface area contributed by atoms with Gasteiger partial charge in [-0.25, -0.2) is 0 Å². The second-order valence-electron chi connectivity index (χ2n) is 4.53. The summed E-state index contributed by atoms with van der Waals surface area (Å²) < 4.78 is 5.29. The number of hydrogen-bond donors (Lipinski definition) is 2. The van der Waals surface area contributed by atoms with Crippen LogP contribution in [0.1, 0.15) is 11.1 Å². The molecule has 4 N–H and O–H groups in total. The molecule has 1 unspecified atom stereocenters. The van der Waals surface area contributed by atoms with Crippen LogP contribution in [0, 0.1) is 0 Å². The number of benzene rings is 1. The van der Waals surface area contributed by atoms with Gasteiger partial charge >= 0.3 is 0 Å². The monoisotopic (exact) mass is 279 g/mol. The fraction of sp³-hybridized carbons (Fsp3) is 0.385. The minimum Gasteiger partial charge on any atom is -0.389 e. The van der Waals surface area contributed by atoms with Crippen molar-refractivity contribution in [3.8, 4) is 0 Å². The Labute approximate surface area is 117 Å². The molecule has 102 valence electrons. The molecule has 1 atom stereocenters. The summed E-state index contributed by atoms with van der Waals surface area (Å²) in [4.78, 5) is 13.8. The molecule has 1 fully saturated rings. The van der Waals surface area contributed by atoms with Gasteiger partial charge in [-0.15, -0.1) is 0 Å². The summed E-state index contributed by atoms with van der Waals surface area (Å²) in [7, 11) is 0. The first-order chi connectivity index (χ1) is 9.08. The van der Waals surface area contributed by atoms with Gasteiger partial charge in [0.2, 0.25) is 5.91 Å². The molecule has 0 radical (unpaired) electrons. The third-order valence-electron chi connectivity index (χ3n) is 3.16. The van der Waals surface area contributed by atoms with E-state index < -0.39 is 0 Å². The number of carbonyl (C=O) groups is 1. The quantitative estimate of drug-likeness (QED) is 0.759. The number of nitrogens with two attached hydrogens (primary N) is 2. The third-order valence-corrected chi connectivity index (χ3v) is 3.40. The fourth-order valence-corrected chi connectivity index (χ4v) is 2.27. The van der Waals surface area contributed by atoms with Crippen molar-refractivity contribution in [2.75, 3.05) is 19.8 Å². The van der Waals surface area contributed by atoms with Gasteiger partial charge in [-0.2, -0.15) is 0 Å². The van der Waals surface area contributed by atoms with Crippen LogP contribution in [0.15, 0.2) is 24.3 Å². The number of hydrogen-bond acceptors (Lipinski definition) is 4. The molecule has 1 aliphatic heterocycles. The number of thiocarbonyl (C=S) groups is 1. The van der Waals surface area contributed by atoms with E-state index in [1.165, 1.54) is 0 Å². The van der Waals surface area contributed by atoms with Crippen LogP contribution in [0.3, 0.4) is 0 Å². The second kappa shape index (κ2) is 6.10. The molecule has 0 saturated carbocycles. The third kappa shape index (κ3) is 3.50. The number of primary amides is 1. The van der Waals surface area contributed by atoms with Gasteiger partial charge in [0.15, 0.2) is 0 Å². The summed E-state index contributed by atoms with van der Waals surface area (Å²) in [5.41, 5.74) is 12.9. The summed E-state index contributed by atoms with van der Waals surface area (Å²) >= 11 is 4.96. The molecule has 0 bridgehead atoms. The highest BCUT2D eigenvalue weighted by molar-refractivity contribution is 7.80. The lowest BCUT2D eigenvalue weighted by atomic mass is 10.1. The Kier molecular flexibility index (Phi) is 4.47. The lowest BCUT2D eigenvalue weighted by Gasteiger charge is -2.33. The number of rotatable bonds is 4. The number of nitrogens with zero attached hydrogens (tertiary/aromatic N) is 1. The van der Waals surface area contributed by atoms with Gasteiger partial charge < -0.3 is 16.2 Å². The van der Waals surface area contributed by atoms with Crippen molar-refractivity contribution in [3.63, 3.8) is 0 Å². The molecule has 1 heterocycles. The first-order valence-corrected chi connectivity index (χ1v) is 6.48. The summed E-state index contributed by atoms with van der Waals surface area (Å²) in [6.45, 7) is 2.28. The van der Waals surface area contributed by atoms with Gasteiger partial charge in [-0.3, -0.25) is 9.69 Å². The largest absolute Gasteiger partial charge is 0.389 e. The standard InChI is InChI=1S/C13H17N3O2S/c14-12(17)11-8-18-5-4-16(11)7-9-2-1-3-10(6-9)13(15)19/h1-3,6,11H,4-5,7-8H2,(H2,14,17)(H2,15,19). The van der Waals surface area contributed by atoms with Crippen LogP contribution in [0.2, 0.25) is 0 Å². The Hall–Kier alpha value is -1.50. The zero-order valence-electron chi connectivity index (χ0n) is 10.5. The van der Waals surface area contributed by atoms with Crippen LogP contribution in [0.25, 0.3) is 0 Å². The average Bonchev–Trinajstić information content (AvgIpc) is 2.39. The Morgan fingerprint density at radius 2 is 2.26 bits per heavy atom. The Morgan fingerprint density at radius 1 is 1.47 bits per heavy atom. The molecule has 0 aromatic heterocycles. The molecule has 1 aromatic carbocycles. The van der Waals surface area contributed by atoms with E-state index in [4.69, 9.17) is 28.4 Å². The van der Waals surface area contributed by atoms with Crippen LogP contribution < -0.4 is 11.5 Å². The van der Waals surface area contributed by atoms with E-state index in [-0.39, 0.29) is 11.9 Å². The van der Waals surface area contributed by atoms with Gasteiger partial charge in [-0.05, 0) is 11.6 Å². The maximum absolute atomic E-state index is 11.4. The van der Waals surface area contributed by atoms with E-state index in [2.05, 4.69) is 0 Å². The maximum Gasteiger partial charge on any atom is 0.237 e. The van der Waals surface area contributed by atoms with E-state index in [0.29, 0.717) is 31.3 Å². The van der Waals surface area contributed by atoms with Crippen LogP contribution >= 0.6 is 12.2 Å². The highest BCUT2D eigenvalue weighted by Gasteiger charge is 2.27. The number of ether oxygens (including phenoxy) is 1. The summed E-state index contributed by atoms with van der Waals surface area (Å²) in [6, 6.07) is 7.33. The van der Waals surface area contributed by atoms with Crippen molar-refractivity contribution in [1.82, 2.24) is 4.90 Å². The minimum absolute atomic E-state index is 0.352. The first kappa shape index (κ1) is 13.9. The number of morpholine rings is 1. The molecule has 19 heavy (non-hydrogen) atoms. The highest BCUT2D eigenvalue weighted by atomic mass is 32.1. The van der Waals surface area contributed by atoms with Crippen LogP contribution in [0.5, 0.6) is 0 Å². The van der Waals surface area contributed by atoms with Gasteiger partial charge in [0.05, 0.1) is 13.2 Å². The molecule has 6 heteroatoms. The van der Waals surface area contributed by atoms with Crippen molar-refractivity contribution >= 4 is 23.1 Å². The Bertz CT molecular complexity index is 493. The van der Waals surface area contributed by atoms with Crippen LogP contribution in [-0.2, 0) is 16.1 Å². The number of carbonyl (C=O) groups excluding carboxylic acids is 1. The topological polar surface area (TPSA) is 81.6 Å². The lowest BCUT2D eigenvalue weighted by molar-refractivity contribution is -0.129. The molecule has 0 spiro atoms. The van der Waals surface area contributed by atoms with Gasteiger partial charge in [0.25, 0.3) is 0 Å². The van der Waals surface area contributed by atoms with E-state index in [0.717, 1.165) is 11.1 Å². The second-order valence-corrected chi connectivity index (χ2v) is 4.97. The molecule has 0 aliphatic carbocycles. The van der Waals surface area contributed by atoms with Crippen LogP contribution in [-0.4, -0.2) is 41.6 Å². The molecule has 1 saturated heterocycles. The van der Waals surface area contributed by atoms with Gasteiger partial charge in [0.1, 0.15) is 11.0 Å². The molecule has 1 aromatic rings. The fourth-order valence-electron chi connectivity index (χ4n) is 2.15. The zero-order valence-corrected chi connectivity index (χ0v) is 11.4. The molecule has 1 amide bonds. The van der Waals surface area contributed by atoms with E-state index in [1.54, 1.807) is 0 Å².